The number of carboxylic acids is 1. The smallest absolute Gasteiger partial charge is 0.307 e. The molecule has 23 heavy (non-hydrogen) atoms. The molecule has 3 heteroatoms. The van der Waals surface area contributed by atoms with Crippen LogP contribution in [0.15, 0.2) is 54.6 Å². The van der Waals surface area contributed by atoms with Crippen LogP contribution in [0.4, 0.5) is 0 Å². The van der Waals surface area contributed by atoms with Gasteiger partial charge in [-0.15, -0.1) is 0 Å². The number of aliphatic hydroxyl groups excluding tert-OH is 1. The molecule has 3 nitrogen and oxygen atoms in total. The minimum absolute atomic E-state index is 0.0359. The van der Waals surface area contributed by atoms with Crippen LogP contribution >= 0.6 is 0 Å². The van der Waals surface area contributed by atoms with E-state index in [0.717, 1.165) is 38.6 Å². The maximum Gasteiger partial charge on any atom is 0.307 e. The average molecular weight is 306 g/mol. The zero-order chi connectivity index (χ0) is 16.4. The van der Waals surface area contributed by atoms with E-state index in [4.69, 9.17) is 0 Å². The number of carboxylic acid groups (broad SMARTS) is 1. The molecule has 3 aromatic rings. The molecule has 0 spiro atoms. The largest absolute Gasteiger partial charge is 0.481 e. The monoisotopic (exact) mass is 306 g/mol. The molecular formula is C20H18O3. The summed E-state index contributed by atoms with van der Waals surface area (Å²) < 4.78 is 0. The van der Waals surface area contributed by atoms with E-state index >= 15 is 0 Å². The molecule has 0 atom stereocenters. The van der Waals surface area contributed by atoms with Crippen molar-refractivity contribution < 1.29 is 15.0 Å². The van der Waals surface area contributed by atoms with Crippen LogP contribution in [0.25, 0.3) is 21.9 Å². The lowest BCUT2D eigenvalue weighted by Crippen LogP contribution is -2.05. The van der Waals surface area contributed by atoms with Gasteiger partial charge in [-0.2, -0.15) is 0 Å². The van der Waals surface area contributed by atoms with E-state index in [1.54, 1.807) is 0 Å². The summed E-state index contributed by atoms with van der Waals surface area (Å²) in [6, 6.07) is 17.6. The van der Waals surface area contributed by atoms with Gasteiger partial charge in [-0.25, -0.2) is 0 Å². The van der Waals surface area contributed by atoms with Gasteiger partial charge in [-0.1, -0.05) is 54.6 Å². The third-order valence-electron chi connectivity index (χ3n) is 4.16. The molecule has 0 aliphatic rings. The molecule has 0 saturated heterocycles. The maximum absolute atomic E-state index is 11.3. The normalized spacial score (nSPS) is 10.9. The average Bonchev–Trinajstić information content (AvgIpc) is 2.55. The second-order valence-electron chi connectivity index (χ2n) is 5.65. The lowest BCUT2D eigenvalue weighted by Gasteiger charge is -2.17. The minimum atomic E-state index is -0.855. The number of rotatable bonds is 4. The van der Waals surface area contributed by atoms with E-state index in [-0.39, 0.29) is 13.0 Å². The maximum atomic E-state index is 11.3. The number of aliphatic hydroxyl groups is 1. The van der Waals surface area contributed by atoms with E-state index in [9.17, 15) is 15.0 Å². The van der Waals surface area contributed by atoms with Crippen molar-refractivity contribution in [3.63, 3.8) is 0 Å². The third-order valence-corrected chi connectivity index (χ3v) is 4.16. The highest BCUT2D eigenvalue weighted by Gasteiger charge is 2.17. The number of aryl methyl sites for hydroxylation is 1. The van der Waals surface area contributed by atoms with Crippen molar-refractivity contribution in [1.82, 2.24) is 0 Å². The molecule has 3 aromatic carbocycles. The second-order valence-corrected chi connectivity index (χ2v) is 5.65. The zero-order valence-electron chi connectivity index (χ0n) is 12.9. The summed E-state index contributed by atoms with van der Waals surface area (Å²) in [5, 5.41) is 21.1. The lowest BCUT2D eigenvalue weighted by molar-refractivity contribution is -0.136. The Bertz CT molecular complexity index is 881. The molecule has 0 unspecified atom stereocenters. The van der Waals surface area contributed by atoms with Gasteiger partial charge in [0.15, 0.2) is 0 Å². The Hall–Kier alpha value is -2.65. The summed E-state index contributed by atoms with van der Waals surface area (Å²) in [4.78, 5) is 11.3. The van der Waals surface area contributed by atoms with Crippen molar-refractivity contribution in [2.75, 3.05) is 0 Å². The van der Waals surface area contributed by atoms with Crippen molar-refractivity contribution >= 4 is 16.7 Å². The molecule has 2 N–H and O–H groups in total. The Balaban J connectivity index is 2.42. The van der Waals surface area contributed by atoms with Crippen LogP contribution in [-0.2, 0) is 17.8 Å². The Morgan fingerprint density at radius 2 is 1.74 bits per heavy atom. The van der Waals surface area contributed by atoms with Gasteiger partial charge in [0, 0.05) is 0 Å². The highest BCUT2D eigenvalue weighted by atomic mass is 16.4. The molecule has 0 heterocycles. The summed E-state index contributed by atoms with van der Waals surface area (Å²) >= 11 is 0. The van der Waals surface area contributed by atoms with E-state index in [1.165, 1.54) is 0 Å². The van der Waals surface area contributed by atoms with Crippen LogP contribution < -0.4 is 0 Å². The first-order valence-corrected chi connectivity index (χ1v) is 7.54. The van der Waals surface area contributed by atoms with Crippen LogP contribution in [0.5, 0.6) is 0 Å². The molecule has 0 aliphatic heterocycles. The van der Waals surface area contributed by atoms with E-state index < -0.39 is 5.97 Å². The summed E-state index contributed by atoms with van der Waals surface area (Å²) in [5.41, 5.74) is 4.36. The fraction of sp³-hybridized carbons (Fsp3) is 0.150. The van der Waals surface area contributed by atoms with Crippen molar-refractivity contribution in [1.29, 1.82) is 0 Å². The van der Waals surface area contributed by atoms with Gasteiger partial charge in [0.05, 0.1) is 13.0 Å². The number of fused-ring (bicyclic) bond motifs is 1. The molecule has 0 amide bonds. The molecule has 116 valence electrons. The lowest BCUT2D eigenvalue weighted by atomic mass is 9.87. The summed E-state index contributed by atoms with van der Waals surface area (Å²) in [5.74, 6) is -0.855. The fourth-order valence-electron chi connectivity index (χ4n) is 3.12. The highest BCUT2D eigenvalue weighted by Crippen LogP contribution is 2.36. The Kier molecular flexibility index (Phi) is 4.13. The van der Waals surface area contributed by atoms with Gasteiger partial charge >= 0.3 is 5.97 Å². The van der Waals surface area contributed by atoms with Crippen molar-refractivity contribution in [3.05, 3.63) is 71.3 Å². The van der Waals surface area contributed by atoms with Crippen LogP contribution in [0.2, 0.25) is 0 Å². The van der Waals surface area contributed by atoms with Crippen LogP contribution in [0.3, 0.4) is 0 Å². The van der Waals surface area contributed by atoms with Crippen LogP contribution in [0.1, 0.15) is 16.7 Å². The second kappa shape index (κ2) is 6.23. The SMILES string of the molecule is Cc1cc2ccccc2c(-c2ccccc2CO)c1CC(=O)O. The Morgan fingerprint density at radius 1 is 1.04 bits per heavy atom. The molecule has 0 aliphatic carbocycles. The number of benzene rings is 3. The number of hydrogen-bond acceptors (Lipinski definition) is 2. The molecule has 0 aromatic heterocycles. The molecular weight excluding hydrogens is 288 g/mol. The van der Waals surface area contributed by atoms with Crippen molar-refractivity contribution in [2.24, 2.45) is 0 Å². The van der Waals surface area contributed by atoms with Crippen molar-refractivity contribution in [2.45, 2.75) is 20.0 Å². The van der Waals surface area contributed by atoms with E-state index in [2.05, 4.69) is 0 Å². The quantitative estimate of drug-likeness (QED) is 0.767. The molecule has 0 bridgehead atoms. The fourth-order valence-corrected chi connectivity index (χ4v) is 3.12. The zero-order valence-corrected chi connectivity index (χ0v) is 12.9. The van der Waals surface area contributed by atoms with Gasteiger partial charge < -0.3 is 10.2 Å². The number of aliphatic carboxylic acids is 1. The molecule has 0 radical (unpaired) electrons. The van der Waals surface area contributed by atoms with Gasteiger partial charge in [-0.3, -0.25) is 4.79 Å². The van der Waals surface area contributed by atoms with E-state index in [0.29, 0.717) is 0 Å². The Labute approximate surface area is 134 Å². The first-order valence-electron chi connectivity index (χ1n) is 7.54. The number of hydrogen-bond donors (Lipinski definition) is 2. The summed E-state index contributed by atoms with van der Waals surface area (Å²) in [7, 11) is 0. The highest BCUT2D eigenvalue weighted by molar-refractivity contribution is 6.00. The van der Waals surface area contributed by atoms with Crippen LogP contribution in [0, 0.1) is 6.92 Å². The first kappa shape index (κ1) is 15.3. The van der Waals surface area contributed by atoms with Gasteiger partial charge in [-0.05, 0) is 45.5 Å². The molecule has 3 rings (SSSR count). The van der Waals surface area contributed by atoms with E-state index in [1.807, 2.05) is 61.5 Å². The number of carbonyl (C=O) groups is 1. The summed E-state index contributed by atoms with van der Waals surface area (Å²) in [6.07, 6.45) is -0.0359. The van der Waals surface area contributed by atoms with Gasteiger partial charge in [0.1, 0.15) is 0 Å². The minimum Gasteiger partial charge on any atom is -0.481 e. The van der Waals surface area contributed by atoms with Gasteiger partial charge in [0.2, 0.25) is 0 Å². The van der Waals surface area contributed by atoms with Gasteiger partial charge in [0.25, 0.3) is 0 Å². The van der Waals surface area contributed by atoms with Crippen LogP contribution in [-0.4, -0.2) is 16.2 Å². The summed E-state index contributed by atoms with van der Waals surface area (Å²) in [6.45, 7) is 1.86. The van der Waals surface area contributed by atoms with Crippen molar-refractivity contribution in [3.8, 4) is 11.1 Å². The predicted molar refractivity (Wildman–Crippen MR) is 91.4 cm³/mol. The topological polar surface area (TPSA) is 57.5 Å². The molecule has 0 fully saturated rings. The Morgan fingerprint density at radius 3 is 2.48 bits per heavy atom. The molecule has 0 saturated carbocycles. The third kappa shape index (κ3) is 2.83. The first-order chi connectivity index (χ1) is 11.1. The predicted octanol–water partition coefficient (Wildman–Crippen LogP) is 3.93. The standard InChI is InChI=1S/C20H18O3/c1-13-10-14-6-2-4-8-16(14)20(18(13)11-19(22)23)17-9-5-3-7-15(17)12-21/h2-10,21H,11-12H2,1H3,(H,22,23).